The normalized spacial score (nSPS) is 13.5. The number of rotatable bonds is 0. The Morgan fingerprint density at radius 3 is 3.08 bits per heavy atom. The van der Waals surface area contributed by atoms with Crippen molar-refractivity contribution in [2.24, 2.45) is 4.99 Å². The van der Waals surface area contributed by atoms with Crippen LogP contribution < -0.4 is 10.7 Å². The predicted molar refractivity (Wildman–Crippen MR) is 46.6 cm³/mol. The van der Waals surface area contributed by atoms with Gasteiger partial charge in [-0.25, -0.2) is 4.98 Å². The number of nitrogens with zero attached hydrogens (tertiary/aromatic N) is 2. The number of carbonyl (C=O) groups excluding carboxylic acids is 1. The third-order valence-corrected chi connectivity index (χ3v) is 1.52. The van der Waals surface area contributed by atoms with Gasteiger partial charge in [0, 0.05) is 11.4 Å². The van der Waals surface area contributed by atoms with Gasteiger partial charge >= 0.3 is 0 Å². The highest BCUT2D eigenvalue weighted by Gasteiger charge is 2.00. The first-order chi connectivity index (χ1) is 5.36. The van der Waals surface area contributed by atoms with Crippen LogP contribution in [0.1, 0.15) is 0 Å². The highest BCUT2D eigenvalue weighted by Crippen LogP contribution is 1.79. The molecule has 0 aromatic carbocycles. The van der Waals surface area contributed by atoms with Crippen molar-refractivity contribution in [2.45, 2.75) is 0 Å². The van der Waals surface area contributed by atoms with Gasteiger partial charge in [-0.05, 0) is 18.2 Å². The zero-order chi connectivity index (χ0) is 7.68. The largest absolute Gasteiger partial charge is 0.293 e. The number of hydrogen-bond donors (Lipinski definition) is 0. The Hall–Kier alpha value is -1.22. The summed E-state index contributed by atoms with van der Waals surface area (Å²) < 4.78 is 0. The highest BCUT2D eigenvalue weighted by molar-refractivity contribution is 6.07. The van der Waals surface area contributed by atoms with Crippen LogP contribution in [0.25, 0.3) is 6.08 Å². The second-order valence-electron chi connectivity index (χ2n) is 2.34. The molecule has 0 saturated heterocycles. The van der Waals surface area contributed by atoms with Crippen molar-refractivity contribution in [3.05, 3.63) is 29.0 Å². The Kier molecular flexibility index (Phi) is 2.55. The van der Waals surface area contributed by atoms with Gasteiger partial charge in [0.25, 0.3) is 0 Å². The first kappa shape index (κ1) is 8.87. The molecule has 4 heteroatoms. The molecule has 12 heavy (non-hydrogen) atoms. The molecule has 0 N–H and O–H groups in total. The number of aromatic nitrogens is 1. The van der Waals surface area contributed by atoms with E-state index in [0.717, 1.165) is 5.22 Å². The van der Waals surface area contributed by atoms with Crippen LogP contribution in [0.4, 0.5) is 0 Å². The second kappa shape index (κ2) is 3.45. The van der Waals surface area contributed by atoms with Crippen LogP contribution >= 0.6 is 12.4 Å². The molecule has 0 saturated carbocycles. The van der Waals surface area contributed by atoms with E-state index in [4.69, 9.17) is 0 Å². The standard InChI is InChI=1S/C8H6N2O.ClH/c11-7-4-6-2-1-3-9-8(6)10-5-7;/h1-4H,5H2;1H. The molecule has 3 nitrogen and oxygen atoms in total. The van der Waals surface area contributed by atoms with Gasteiger partial charge in [0.1, 0.15) is 6.54 Å². The molecule has 1 aliphatic rings. The molecule has 1 aromatic rings. The van der Waals surface area contributed by atoms with E-state index >= 15 is 0 Å². The fourth-order valence-corrected chi connectivity index (χ4v) is 1.03. The van der Waals surface area contributed by atoms with Crippen molar-refractivity contribution >= 4 is 24.3 Å². The third kappa shape index (κ3) is 1.51. The van der Waals surface area contributed by atoms with E-state index in [1.165, 1.54) is 0 Å². The van der Waals surface area contributed by atoms with Gasteiger partial charge in [-0.3, -0.25) is 9.79 Å². The van der Waals surface area contributed by atoms with Crippen molar-refractivity contribution in [3.63, 3.8) is 0 Å². The monoisotopic (exact) mass is 182 g/mol. The van der Waals surface area contributed by atoms with Gasteiger partial charge in [-0.1, -0.05) is 0 Å². The van der Waals surface area contributed by atoms with Crippen LogP contribution in [0.15, 0.2) is 23.3 Å². The van der Waals surface area contributed by atoms with E-state index in [2.05, 4.69) is 9.98 Å². The van der Waals surface area contributed by atoms with Crippen LogP contribution in [0.2, 0.25) is 0 Å². The van der Waals surface area contributed by atoms with E-state index < -0.39 is 0 Å². The molecule has 0 amide bonds. The molecule has 0 radical (unpaired) electrons. The quantitative estimate of drug-likeness (QED) is 0.542. The van der Waals surface area contributed by atoms with Crippen molar-refractivity contribution < 1.29 is 4.79 Å². The second-order valence-corrected chi connectivity index (χ2v) is 2.34. The van der Waals surface area contributed by atoms with Crippen molar-refractivity contribution in [3.8, 4) is 0 Å². The van der Waals surface area contributed by atoms with Crippen LogP contribution in [-0.4, -0.2) is 17.3 Å². The summed E-state index contributed by atoms with van der Waals surface area (Å²) in [7, 11) is 0. The van der Waals surface area contributed by atoms with E-state index in [0.29, 0.717) is 5.49 Å². The third-order valence-electron chi connectivity index (χ3n) is 1.52. The molecule has 0 unspecified atom stereocenters. The summed E-state index contributed by atoms with van der Waals surface area (Å²) in [6.45, 7) is 0.240. The van der Waals surface area contributed by atoms with Gasteiger partial charge in [-0.15, -0.1) is 12.4 Å². The number of ketones is 1. The molecule has 62 valence electrons. The summed E-state index contributed by atoms with van der Waals surface area (Å²) in [4.78, 5) is 18.8. The molecule has 0 bridgehead atoms. The van der Waals surface area contributed by atoms with Gasteiger partial charge < -0.3 is 0 Å². The van der Waals surface area contributed by atoms with Gasteiger partial charge in [-0.2, -0.15) is 0 Å². The maximum absolute atomic E-state index is 10.8. The Bertz CT molecular complexity index is 413. The number of hydrogen-bond acceptors (Lipinski definition) is 3. The van der Waals surface area contributed by atoms with E-state index in [-0.39, 0.29) is 24.7 Å². The molecule has 0 spiro atoms. The van der Waals surface area contributed by atoms with Gasteiger partial charge in [0.15, 0.2) is 11.3 Å². The summed E-state index contributed by atoms with van der Waals surface area (Å²) in [5, 5.41) is 0.823. The molecule has 0 fully saturated rings. The lowest BCUT2D eigenvalue weighted by atomic mass is 10.2. The lowest BCUT2D eigenvalue weighted by Crippen LogP contribution is -2.33. The van der Waals surface area contributed by atoms with Crippen LogP contribution in [0.5, 0.6) is 0 Å². The fourth-order valence-electron chi connectivity index (χ4n) is 1.03. The minimum absolute atomic E-state index is 0. The summed E-state index contributed by atoms with van der Waals surface area (Å²) >= 11 is 0. The predicted octanol–water partition coefficient (Wildman–Crippen LogP) is -0.514. The Balaban J connectivity index is 0.000000720. The number of pyridine rings is 1. The number of carbonyl (C=O) groups is 1. The number of fused-ring (bicyclic) bond motifs is 1. The minimum atomic E-state index is 0. The zero-order valence-corrected chi connectivity index (χ0v) is 7.04. The highest BCUT2D eigenvalue weighted by atomic mass is 35.5. The van der Waals surface area contributed by atoms with Crippen LogP contribution in [0, 0.1) is 0 Å². The lowest BCUT2D eigenvalue weighted by molar-refractivity contribution is -0.112. The average molecular weight is 183 g/mol. The van der Waals surface area contributed by atoms with Gasteiger partial charge in [0.05, 0.1) is 0 Å². The maximum atomic E-state index is 10.8. The summed E-state index contributed by atoms with van der Waals surface area (Å²) in [5.74, 6) is 0.0468. The maximum Gasteiger partial charge on any atom is 0.177 e. The van der Waals surface area contributed by atoms with Crippen molar-refractivity contribution in [1.82, 2.24) is 4.98 Å². The van der Waals surface area contributed by atoms with Gasteiger partial charge in [0.2, 0.25) is 0 Å². The lowest BCUT2D eigenvalue weighted by Gasteiger charge is -1.95. The smallest absolute Gasteiger partial charge is 0.177 e. The summed E-state index contributed by atoms with van der Waals surface area (Å²) in [6.07, 6.45) is 3.25. The average Bonchev–Trinajstić information content (AvgIpc) is 2.04. The Labute approximate surface area is 75.3 Å². The Morgan fingerprint density at radius 2 is 2.25 bits per heavy atom. The van der Waals surface area contributed by atoms with E-state index in [9.17, 15) is 4.79 Å². The molecule has 1 aliphatic heterocycles. The zero-order valence-electron chi connectivity index (χ0n) is 6.23. The van der Waals surface area contributed by atoms with E-state index in [1.807, 2.05) is 6.07 Å². The minimum Gasteiger partial charge on any atom is -0.293 e. The first-order valence-corrected chi connectivity index (χ1v) is 3.36. The molecule has 1 aromatic heterocycles. The van der Waals surface area contributed by atoms with Crippen LogP contribution in [0.3, 0.4) is 0 Å². The van der Waals surface area contributed by atoms with Crippen molar-refractivity contribution in [1.29, 1.82) is 0 Å². The molecular weight excluding hydrogens is 176 g/mol. The summed E-state index contributed by atoms with van der Waals surface area (Å²) in [6, 6.07) is 3.63. The molecular formula is C8H7ClN2O. The fraction of sp³-hybridized carbons (Fsp3) is 0.125. The molecule has 2 rings (SSSR count). The number of halogens is 1. The molecule has 2 heterocycles. The summed E-state index contributed by atoms with van der Waals surface area (Å²) in [5.41, 5.74) is 0.673. The number of Topliss-reactive ketones (excluding diaryl/α,β-unsaturated/α-hetero) is 1. The van der Waals surface area contributed by atoms with Crippen LogP contribution in [-0.2, 0) is 4.79 Å². The van der Waals surface area contributed by atoms with Crippen molar-refractivity contribution in [2.75, 3.05) is 6.54 Å². The Morgan fingerprint density at radius 1 is 1.42 bits per heavy atom. The van der Waals surface area contributed by atoms with E-state index in [1.54, 1.807) is 18.3 Å². The molecule has 0 atom stereocenters. The SMILES string of the molecule is Cl.O=C1C=c2cccnc2=NC1. The molecule has 0 aliphatic carbocycles. The first-order valence-electron chi connectivity index (χ1n) is 3.36. The topological polar surface area (TPSA) is 42.3 Å².